The SMILES string of the molecule is Cc1cccc(C)c1-c1cnc(-c2ccccc2)n1C. The fraction of sp³-hybridized carbons (Fsp3) is 0.167. The molecule has 0 amide bonds. The van der Waals surface area contributed by atoms with E-state index in [4.69, 9.17) is 0 Å². The molecule has 2 nitrogen and oxygen atoms in total. The van der Waals surface area contributed by atoms with Gasteiger partial charge in [0.05, 0.1) is 11.9 Å². The number of benzene rings is 2. The third kappa shape index (κ3) is 2.03. The Morgan fingerprint density at radius 3 is 2.15 bits per heavy atom. The molecular formula is C18H18N2. The van der Waals surface area contributed by atoms with Gasteiger partial charge in [0.2, 0.25) is 0 Å². The third-order valence-corrected chi connectivity index (χ3v) is 3.76. The molecule has 0 saturated carbocycles. The van der Waals surface area contributed by atoms with Crippen molar-refractivity contribution in [2.75, 3.05) is 0 Å². The molecule has 1 heterocycles. The first kappa shape index (κ1) is 12.7. The average molecular weight is 262 g/mol. The first-order chi connectivity index (χ1) is 9.68. The second kappa shape index (κ2) is 4.97. The number of hydrogen-bond donors (Lipinski definition) is 0. The van der Waals surface area contributed by atoms with Gasteiger partial charge in [0.25, 0.3) is 0 Å². The van der Waals surface area contributed by atoms with E-state index in [1.807, 2.05) is 24.4 Å². The van der Waals surface area contributed by atoms with Gasteiger partial charge in [0.1, 0.15) is 5.82 Å². The van der Waals surface area contributed by atoms with Crippen LogP contribution < -0.4 is 0 Å². The van der Waals surface area contributed by atoms with Crippen molar-refractivity contribution in [2.45, 2.75) is 13.8 Å². The Morgan fingerprint density at radius 1 is 0.850 bits per heavy atom. The van der Waals surface area contributed by atoms with Crippen LogP contribution in [0.25, 0.3) is 22.6 Å². The quantitative estimate of drug-likeness (QED) is 0.670. The van der Waals surface area contributed by atoms with Crippen LogP contribution in [-0.4, -0.2) is 9.55 Å². The molecule has 0 unspecified atom stereocenters. The van der Waals surface area contributed by atoms with Crippen molar-refractivity contribution in [3.05, 3.63) is 65.9 Å². The van der Waals surface area contributed by atoms with Gasteiger partial charge < -0.3 is 4.57 Å². The van der Waals surface area contributed by atoms with Crippen molar-refractivity contribution in [1.29, 1.82) is 0 Å². The fourth-order valence-electron chi connectivity index (χ4n) is 2.72. The molecule has 0 fully saturated rings. The number of rotatable bonds is 2. The molecule has 1 aromatic heterocycles. The minimum Gasteiger partial charge on any atom is -0.327 e. The number of imidazole rings is 1. The number of aromatic nitrogens is 2. The van der Waals surface area contributed by atoms with Crippen molar-refractivity contribution >= 4 is 0 Å². The molecule has 20 heavy (non-hydrogen) atoms. The number of hydrogen-bond acceptors (Lipinski definition) is 1. The molecule has 0 atom stereocenters. The summed E-state index contributed by atoms with van der Waals surface area (Å²) in [6, 6.07) is 16.7. The first-order valence-electron chi connectivity index (χ1n) is 6.82. The van der Waals surface area contributed by atoms with Crippen LogP contribution in [0.1, 0.15) is 11.1 Å². The third-order valence-electron chi connectivity index (χ3n) is 3.76. The molecule has 0 spiro atoms. The summed E-state index contributed by atoms with van der Waals surface area (Å²) in [5, 5.41) is 0. The monoisotopic (exact) mass is 262 g/mol. The van der Waals surface area contributed by atoms with E-state index in [0.29, 0.717) is 0 Å². The van der Waals surface area contributed by atoms with Crippen LogP contribution in [0, 0.1) is 13.8 Å². The highest BCUT2D eigenvalue weighted by Gasteiger charge is 2.13. The zero-order valence-electron chi connectivity index (χ0n) is 12.1. The molecule has 0 aliphatic carbocycles. The predicted octanol–water partition coefficient (Wildman–Crippen LogP) is 4.37. The van der Waals surface area contributed by atoms with Gasteiger partial charge in [-0.25, -0.2) is 4.98 Å². The molecule has 0 aliphatic rings. The van der Waals surface area contributed by atoms with Gasteiger partial charge in [0, 0.05) is 18.2 Å². The Hall–Kier alpha value is -2.35. The molecule has 100 valence electrons. The molecule has 2 aromatic carbocycles. The van der Waals surface area contributed by atoms with E-state index < -0.39 is 0 Å². The van der Waals surface area contributed by atoms with Crippen LogP contribution >= 0.6 is 0 Å². The van der Waals surface area contributed by atoms with E-state index in [2.05, 4.69) is 60.8 Å². The molecule has 3 aromatic rings. The van der Waals surface area contributed by atoms with Gasteiger partial charge in [-0.1, -0.05) is 48.5 Å². The van der Waals surface area contributed by atoms with Gasteiger partial charge in [-0.15, -0.1) is 0 Å². The van der Waals surface area contributed by atoms with Crippen molar-refractivity contribution < 1.29 is 0 Å². The molecular weight excluding hydrogens is 244 g/mol. The molecule has 0 saturated heterocycles. The maximum absolute atomic E-state index is 4.61. The number of aryl methyl sites for hydroxylation is 2. The largest absolute Gasteiger partial charge is 0.327 e. The van der Waals surface area contributed by atoms with Gasteiger partial charge in [-0.05, 0) is 25.0 Å². The molecule has 0 N–H and O–H groups in total. The van der Waals surface area contributed by atoms with Crippen LogP contribution in [0.3, 0.4) is 0 Å². The van der Waals surface area contributed by atoms with Gasteiger partial charge >= 0.3 is 0 Å². The summed E-state index contributed by atoms with van der Waals surface area (Å²) in [5.41, 5.74) is 6.16. The summed E-state index contributed by atoms with van der Waals surface area (Å²) in [6.45, 7) is 4.30. The Bertz CT molecular complexity index is 719. The van der Waals surface area contributed by atoms with Crippen LogP contribution in [-0.2, 0) is 7.05 Å². The summed E-state index contributed by atoms with van der Waals surface area (Å²) >= 11 is 0. The van der Waals surface area contributed by atoms with E-state index in [-0.39, 0.29) is 0 Å². The summed E-state index contributed by atoms with van der Waals surface area (Å²) in [5.74, 6) is 1.00. The summed E-state index contributed by atoms with van der Waals surface area (Å²) in [6.07, 6.45) is 1.97. The van der Waals surface area contributed by atoms with Crippen molar-refractivity contribution in [1.82, 2.24) is 9.55 Å². The molecule has 2 heteroatoms. The van der Waals surface area contributed by atoms with Crippen LogP contribution in [0.5, 0.6) is 0 Å². The van der Waals surface area contributed by atoms with Crippen molar-refractivity contribution in [3.8, 4) is 22.6 Å². The lowest BCUT2D eigenvalue weighted by Crippen LogP contribution is -1.97. The smallest absolute Gasteiger partial charge is 0.140 e. The Morgan fingerprint density at radius 2 is 1.50 bits per heavy atom. The van der Waals surface area contributed by atoms with E-state index in [0.717, 1.165) is 11.4 Å². The second-order valence-corrected chi connectivity index (χ2v) is 5.16. The Balaban J connectivity index is 2.17. The predicted molar refractivity (Wildman–Crippen MR) is 83.6 cm³/mol. The van der Waals surface area contributed by atoms with Gasteiger partial charge in [0.15, 0.2) is 0 Å². The average Bonchev–Trinajstić information content (AvgIpc) is 2.82. The minimum absolute atomic E-state index is 1.00. The van der Waals surface area contributed by atoms with Crippen LogP contribution in [0.2, 0.25) is 0 Å². The highest BCUT2D eigenvalue weighted by Crippen LogP contribution is 2.29. The zero-order chi connectivity index (χ0) is 14.1. The number of nitrogens with zero attached hydrogens (tertiary/aromatic N) is 2. The van der Waals surface area contributed by atoms with Crippen LogP contribution in [0.15, 0.2) is 54.7 Å². The molecule has 3 rings (SSSR count). The van der Waals surface area contributed by atoms with Gasteiger partial charge in [-0.3, -0.25) is 0 Å². The summed E-state index contributed by atoms with van der Waals surface area (Å²) in [4.78, 5) is 4.61. The van der Waals surface area contributed by atoms with Crippen molar-refractivity contribution in [2.24, 2.45) is 7.05 Å². The van der Waals surface area contributed by atoms with Crippen LogP contribution in [0.4, 0.5) is 0 Å². The molecule has 0 aliphatic heterocycles. The summed E-state index contributed by atoms with van der Waals surface area (Å²) in [7, 11) is 2.08. The Labute approximate surface area is 119 Å². The van der Waals surface area contributed by atoms with E-state index in [1.54, 1.807) is 0 Å². The normalized spacial score (nSPS) is 10.8. The standard InChI is InChI=1S/C18H18N2/c1-13-8-7-9-14(2)17(13)16-12-19-18(20(16)3)15-10-5-4-6-11-15/h4-12H,1-3H3. The Kier molecular flexibility index (Phi) is 3.15. The van der Waals surface area contributed by atoms with Crippen molar-refractivity contribution in [3.63, 3.8) is 0 Å². The summed E-state index contributed by atoms with van der Waals surface area (Å²) < 4.78 is 2.17. The fourth-order valence-corrected chi connectivity index (χ4v) is 2.72. The van der Waals surface area contributed by atoms with E-state index in [9.17, 15) is 0 Å². The maximum atomic E-state index is 4.61. The van der Waals surface area contributed by atoms with E-state index in [1.165, 1.54) is 22.4 Å². The highest BCUT2D eigenvalue weighted by molar-refractivity contribution is 5.70. The highest BCUT2D eigenvalue weighted by atomic mass is 15.1. The molecule has 0 radical (unpaired) electrons. The lowest BCUT2D eigenvalue weighted by molar-refractivity contribution is 0.930. The second-order valence-electron chi connectivity index (χ2n) is 5.16. The maximum Gasteiger partial charge on any atom is 0.140 e. The van der Waals surface area contributed by atoms with Gasteiger partial charge in [-0.2, -0.15) is 0 Å². The first-order valence-corrected chi connectivity index (χ1v) is 6.82. The van der Waals surface area contributed by atoms with E-state index >= 15 is 0 Å². The lowest BCUT2D eigenvalue weighted by atomic mass is 10.0. The lowest BCUT2D eigenvalue weighted by Gasteiger charge is -2.11. The zero-order valence-corrected chi connectivity index (χ0v) is 12.1. The minimum atomic E-state index is 1.00. The topological polar surface area (TPSA) is 17.8 Å². The molecule has 0 bridgehead atoms.